The summed E-state index contributed by atoms with van der Waals surface area (Å²) < 4.78 is 19.6. The summed E-state index contributed by atoms with van der Waals surface area (Å²) in [7, 11) is 1.42. The summed E-state index contributed by atoms with van der Waals surface area (Å²) in [6, 6.07) is 4.52. The minimum atomic E-state index is -1.31. The van der Waals surface area contributed by atoms with Gasteiger partial charge in [-0.3, -0.25) is 14.4 Å². The molecule has 32 heavy (non-hydrogen) atoms. The zero-order valence-electron chi connectivity index (χ0n) is 16.6. The highest BCUT2D eigenvalue weighted by Gasteiger charge is 2.29. The Hall–Kier alpha value is -3.93. The number of amides is 3. The summed E-state index contributed by atoms with van der Waals surface area (Å²) in [6.07, 6.45) is 1.38. The quantitative estimate of drug-likeness (QED) is 0.608. The average Bonchev–Trinajstić information content (AvgIpc) is 3.42. The highest BCUT2D eigenvalue weighted by molar-refractivity contribution is 6.31. The largest absolute Gasteiger partial charge is 0.475 e. The smallest absolute Gasteiger partial charge is 0.374 e. The number of aromatic carboxylic acids is 1. The van der Waals surface area contributed by atoms with Gasteiger partial charge in [0.05, 0.1) is 35.6 Å². The number of urea groups is 1. The molecule has 2 N–H and O–H groups in total. The molecule has 0 saturated carbocycles. The fourth-order valence-electron chi connectivity index (χ4n) is 3.18. The van der Waals surface area contributed by atoms with E-state index in [9.17, 15) is 18.8 Å². The van der Waals surface area contributed by atoms with Crippen LogP contribution in [0.3, 0.4) is 0 Å². The summed E-state index contributed by atoms with van der Waals surface area (Å²) >= 11 is 5.75. The van der Waals surface area contributed by atoms with Crippen molar-refractivity contribution >= 4 is 41.0 Å². The first kappa shape index (κ1) is 21.3. The van der Waals surface area contributed by atoms with Gasteiger partial charge in [-0.05, 0) is 18.2 Å². The molecule has 0 fully saturated rings. The lowest BCUT2D eigenvalue weighted by molar-refractivity contribution is 0.0652. The van der Waals surface area contributed by atoms with Gasteiger partial charge in [-0.15, -0.1) is 0 Å². The van der Waals surface area contributed by atoms with Crippen LogP contribution in [-0.2, 0) is 13.1 Å². The molecule has 0 unspecified atom stereocenters. The number of benzene rings is 1. The molecule has 0 bridgehead atoms. The van der Waals surface area contributed by atoms with Crippen molar-refractivity contribution in [1.82, 2.24) is 19.8 Å². The first-order valence-corrected chi connectivity index (χ1v) is 9.66. The monoisotopic (exact) mass is 462 g/mol. The van der Waals surface area contributed by atoms with Crippen molar-refractivity contribution in [2.45, 2.75) is 13.1 Å². The van der Waals surface area contributed by atoms with E-state index in [4.69, 9.17) is 16.7 Å². The molecule has 3 aromatic rings. The van der Waals surface area contributed by atoms with E-state index in [0.29, 0.717) is 24.5 Å². The number of rotatable bonds is 4. The van der Waals surface area contributed by atoms with Crippen LogP contribution in [0.4, 0.5) is 20.7 Å². The Morgan fingerprint density at radius 1 is 1.28 bits per heavy atom. The second kappa shape index (κ2) is 8.30. The highest BCUT2D eigenvalue weighted by atomic mass is 35.5. The van der Waals surface area contributed by atoms with Crippen LogP contribution in [0.25, 0.3) is 0 Å². The van der Waals surface area contributed by atoms with E-state index >= 15 is 0 Å². The predicted octanol–water partition coefficient (Wildman–Crippen LogP) is 2.69. The zero-order chi connectivity index (χ0) is 23.0. The molecule has 13 heteroatoms. The number of nitrogens with one attached hydrogen (secondary N) is 1. The van der Waals surface area contributed by atoms with Gasteiger partial charge < -0.3 is 19.8 Å². The van der Waals surface area contributed by atoms with E-state index in [1.165, 1.54) is 30.3 Å². The summed E-state index contributed by atoms with van der Waals surface area (Å²) in [5, 5.41) is 19.3. The number of carboxylic acid groups (broad SMARTS) is 1. The maximum atomic E-state index is 13.3. The van der Waals surface area contributed by atoms with Crippen molar-refractivity contribution in [3.8, 4) is 0 Å². The summed E-state index contributed by atoms with van der Waals surface area (Å²) in [5.74, 6) is -2.78. The molecule has 0 atom stereocenters. The lowest BCUT2D eigenvalue weighted by Crippen LogP contribution is -2.41. The van der Waals surface area contributed by atoms with E-state index in [1.54, 1.807) is 4.68 Å². The molecule has 3 amide bonds. The Labute approximate surface area is 184 Å². The number of anilines is 2. The van der Waals surface area contributed by atoms with Crippen molar-refractivity contribution < 1.29 is 28.4 Å². The van der Waals surface area contributed by atoms with Gasteiger partial charge in [0.25, 0.3) is 5.91 Å². The van der Waals surface area contributed by atoms with Crippen molar-refractivity contribution in [2.75, 3.05) is 23.8 Å². The predicted molar refractivity (Wildman–Crippen MR) is 109 cm³/mol. The van der Waals surface area contributed by atoms with E-state index in [1.807, 2.05) is 0 Å². The Balaban J connectivity index is 1.50. The molecule has 2 aromatic heterocycles. The number of halogens is 2. The second-order valence-corrected chi connectivity index (χ2v) is 7.33. The van der Waals surface area contributed by atoms with Gasteiger partial charge >= 0.3 is 12.0 Å². The Bertz CT molecular complexity index is 1220. The van der Waals surface area contributed by atoms with Crippen LogP contribution in [0.5, 0.6) is 0 Å². The number of nitrogens with zero attached hydrogens (tertiary/aromatic N) is 5. The molecular weight excluding hydrogens is 447 g/mol. The molecule has 1 aliphatic rings. The third-order valence-corrected chi connectivity index (χ3v) is 5.21. The first-order valence-electron chi connectivity index (χ1n) is 9.28. The van der Waals surface area contributed by atoms with Gasteiger partial charge in [0.1, 0.15) is 5.82 Å². The fraction of sp³-hybridized carbons (Fsp3) is 0.211. The van der Waals surface area contributed by atoms with Gasteiger partial charge in [0.2, 0.25) is 5.76 Å². The number of carbonyl (C=O) groups is 3. The van der Waals surface area contributed by atoms with Crippen molar-refractivity contribution in [3.63, 3.8) is 0 Å². The number of carbonyl (C=O) groups excluding carboxylic acids is 2. The molecule has 0 radical (unpaired) electrons. The number of carboxylic acids is 1. The van der Waals surface area contributed by atoms with Crippen molar-refractivity contribution in [1.29, 1.82) is 0 Å². The number of fused-ring (bicyclic) bond motifs is 1. The fourth-order valence-corrected chi connectivity index (χ4v) is 3.36. The van der Waals surface area contributed by atoms with Gasteiger partial charge in [-0.1, -0.05) is 16.8 Å². The zero-order valence-corrected chi connectivity index (χ0v) is 17.3. The van der Waals surface area contributed by atoms with Gasteiger partial charge in [0.15, 0.2) is 5.82 Å². The Morgan fingerprint density at radius 2 is 2.06 bits per heavy atom. The van der Waals surface area contributed by atoms with Crippen molar-refractivity contribution in [3.05, 3.63) is 58.3 Å². The molecular formula is C19H16ClFN6O5. The molecule has 0 spiro atoms. The third-order valence-electron chi connectivity index (χ3n) is 4.92. The van der Waals surface area contributed by atoms with Crippen LogP contribution in [-0.4, -0.2) is 56.4 Å². The van der Waals surface area contributed by atoms with Crippen LogP contribution in [0.2, 0.25) is 5.02 Å². The number of aromatic nitrogens is 3. The molecule has 1 aromatic carbocycles. The van der Waals surface area contributed by atoms with Crippen molar-refractivity contribution in [2.24, 2.45) is 0 Å². The number of hydrogen-bond donors (Lipinski definition) is 2. The molecule has 3 heterocycles. The third kappa shape index (κ3) is 3.99. The standard InChI is InChI=1S/C19H16ClFN6O5/c1-25(16-7-15(18(29)30)32-24-16)17(28)11-8-22-27-5-4-26(9-14(11)27)19(31)23-10-2-3-13(21)12(20)6-10/h2-3,6-8H,4-5,9H2,1H3,(H,23,31)(H,29,30). The SMILES string of the molecule is CN(C(=O)c1cnn2c1CN(C(=O)Nc1ccc(F)c(Cl)c1)CC2)c1cc(C(=O)O)on1. The Morgan fingerprint density at radius 3 is 2.75 bits per heavy atom. The molecule has 1 aliphatic heterocycles. The molecule has 0 aliphatic carbocycles. The van der Waals surface area contributed by atoms with Crippen LogP contribution >= 0.6 is 11.6 Å². The lowest BCUT2D eigenvalue weighted by atomic mass is 10.2. The van der Waals surface area contributed by atoms with Crippen LogP contribution in [0, 0.1) is 5.82 Å². The van der Waals surface area contributed by atoms with E-state index < -0.39 is 29.5 Å². The van der Waals surface area contributed by atoms with Gasteiger partial charge in [-0.25, -0.2) is 14.0 Å². The van der Waals surface area contributed by atoms with E-state index in [2.05, 4.69) is 20.1 Å². The maximum Gasteiger partial charge on any atom is 0.374 e. The molecule has 4 rings (SSSR count). The van der Waals surface area contributed by atoms with Gasteiger partial charge in [0, 0.05) is 25.3 Å². The minimum Gasteiger partial charge on any atom is -0.475 e. The number of hydrogen-bond acceptors (Lipinski definition) is 6. The highest BCUT2D eigenvalue weighted by Crippen LogP contribution is 2.23. The Kier molecular flexibility index (Phi) is 5.53. The maximum absolute atomic E-state index is 13.3. The van der Waals surface area contributed by atoms with E-state index in [-0.39, 0.29) is 22.9 Å². The first-order chi connectivity index (χ1) is 15.2. The van der Waals surface area contributed by atoms with Gasteiger partial charge in [-0.2, -0.15) is 5.10 Å². The molecule has 0 saturated heterocycles. The van der Waals surface area contributed by atoms with Crippen LogP contribution in [0.15, 0.2) is 35.0 Å². The normalized spacial score (nSPS) is 12.9. The average molecular weight is 463 g/mol. The summed E-state index contributed by atoms with van der Waals surface area (Å²) in [6.45, 7) is 0.788. The molecule has 11 nitrogen and oxygen atoms in total. The second-order valence-electron chi connectivity index (χ2n) is 6.93. The van der Waals surface area contributed by atoms with E-state index in [0.717, 1.165) is 17.0 Å². The topological polar surface area (TPSA) is 134 Å². The minimum absolute atomic E-state index is 0.0194. The summed E-state index contributed by atoms with van der Waals surface area (Å²) in [5.41, 5.74) is 1.06. The summed E-state index contributed by atoms with van der Waals surface area (Å²) in [4.78, 5) is 39.2. The molecule has 166 valence electrons. The lowest BCUT2D eigenvalue weighted by Gasteiger charge is -2.28. The van der Waals surface area contributed by atoms with Crippen LogP contribution in [0.1, 0.15) is 26.6 Å². The van der Waals surface area contributed by atoms with Crippen LogP contribution < -0.4 is 10.2 Å².